The van der Waals surface area contributed by atoms with E-state index in [1.54, 1.807) is 24.3 Å². The molecule has 44 heavy (non-hydrogen) atoms. The number of rotatable bonds is 10. The van der Waals surface area contributed by atoms with Crippen LogP contribution in [0.15, 0.2) is 84.9 Å². The van der Waals surface area contributed by atoms with E-state index in [9.17, 15) is 39.0 Å². The molecular formula is C30H26N4O10. The van der Waals surface area contributed by atoms with E-state index in [4.69, 9.17) is 9.47 Å². The van der Waals surface area contributed by atoms with E-state index in [-0.39, 0.29) is 22.3 Å². The van der Waals surface area contributed by atoms with Crippen LogP contribution in [0.1, 0.15) is 31.8 Å². The number of aliphatic hydroxyl groups excluding tert-OH is 2. The molecule has 14 heteroatoms. The van der Waals surface area contributed by atoms with Gasteiger partial charge >= 0.3 is 11.8 Å². The summed E-state index contributed by atoms with van der Waals surface area (Å²) in [5.41, 5.74) is 8.38. The number of carbonyl (C=O) groups is 6. The van der Waals surface area contributed by atoms with Gasteiger partial charge in [0.1, 0.15) is 23.0 Å². The third kappa shape index (κ3) is 8.78. The number of amides is 4. The molecule has 3 aromatic rings. The topological polar surface area (TPSA) is 209 Å². The number of hydrogen-bond donors (Lipinski definition) is 6. The van der Waals surface area contributed by atoms with Gasteiger partial charge in [0, 0.05) is 34.4 Å². The first-order valence-electron chi connectivity index (χ1n) is 12.5. The number of ether oxygens (including phenoxy) is 2. The van der Waals surface area contributed by atoms with Gasteiger partial charge in [-0.2, -0.15) is 0 Å². The lowest BCUT2D eigenvalue weighted by Gasteiger charge is -2.08. The van der Waals surface area contributed by atoms with Crippen molar-refractivity contribution < 1.29 is 48.5 Å². The predicted molar refractivity (Wildman–Crippen MR) is 155 cm³/mol. The summed E-state index contributed by atoms with van der Waals surface area (Å²) in [6, 6.07) is 17.0. The molecule has 0 spiro atoms. The molecule has 4 amide bonds. The van der Waals surface area contributed by atoms with Gasteiger partial charge in [-0.05, 0) is 72.8 Å². The van der Waals surface area contributed by atoms with Crippen molar-refractivity contribution in [1.82, 2.24) is 21.7 Å². The number of carbonyl (C=O) groups excluding carboxylic acids is 6. The summed E-state index contributed by atoms with van der Waals surface area (Å²) >= 11 is 0. The van der Waals surface area contributed by atoms with E-state index in [1.165, 1.54) is 62.8 Å². The van der Waals surface area contributed by atoms with Gasteiger partial charge in [0.15, 0.2) is 0 Å². The fraction of sp³-hybridized carbons (Fsp3) is 0.0667. The van der Waals surface area contributed by atoms with Crippen LogP contribution in [0.2, 0.25) is 0 Å². The van der Waals surface area contributed by atoms with Crippen molar-refractivity contribution in [3.8, 4) is 11.5 Å². The molecular weight excluding hydrogens is 576 g/mol. The van der Waals surface area contributed by atoms with Gasteiger partial charge in [0.2, 0.25) is 11.6 Å². The third-order valence-corrected chi connectivity index (χ3v) is 5.74. The highest BCUT2D eigenvalue weighted by Gasteiger charge is 2.17. The van der Waals surface area contributed by atoms with E-state index in [0.29, 0.717) is 23.7 Å². The number of benzene rings is 3. The Balaban J connectivity index is 1.48. The van der Waals surface area contributed by atoms with E-state index < -0.39 is 46.7 Å². The van der Waals surface area contributed by atoms with Crippen LogP contribution in [0.5, 0.6) is 11.5 Å². The fourth-order valence-electron chi connectivity index (χ4n) is 3.34. The number of methoxy groups -OCH3 is 2. The number of hydrogen-bond acceptors (Lipinski definition) is 10. The summed E-state index contributed by atoms with van der Waals surface area (Å²) in [5, 5.41) is 20.1. The molecule has 0 saturated carbocycles. The highest BCUT2D eigenvalue weighted by Crippen LogP contribution is 2.17. The van der Waals surface area contributed by atoms with Gasteiger partial charge in [-0.25, -0.2) is 0 Å². The quantitative estimate of drug-likeness (QED) is 0.0854. The van der Waals surface area contributed by atoms with Crippen LogP contribution >= 0.6 is 0 Å². The first kappa shape index (κ1) is 32.1. The van der Waals surface area contributed by atoms with Crippen LogP contribution in [-0.2, 0) is 19.2 Å². The monoisotopic (exact) mass is 602 g/mol. The van der Waals surface area contributed by atoms with Crippen LogP contribution in [0.3, 0.4) is 0 Å². The molecule has 0 heterocycles. The SMILES string of the molecule is COc1ccc(/C(O)=C/C(=O)C(=O)NNC(=O)c2ccc(C(=O)NNC(=O)C(=O)/C=C(\O)c3ccc(OC)cc3)cc2)cc1. The largest absolute Gasteiger partial charge is 0.507 e. The van der Waals surface area contributed by atoms with Crippen LogP contribution in [0.4, 0.5) is 0 Å². The summed E-state index contributed by atoms with van der Waals surface area (Å²) in [4.78, 5) is 72.9. The smallest absolute Gasteiger partial charge is 0.310 e. The molecule has 0 aliphatic rings. The maximum absolute atomic E-state index is 12.3. The Bertz CT molecular complexity index is 1510. The highest BCUT2D eigenvalue weighted by molar-refractivity contribution is 6.42. The molecule has 3 rings (SSSR count). The zero-order valence-electron chi connectivity index (χ0n) is 23.2. The second kappa shape index (κ2) is 15.0. The summed E-state index contributed by atoms with van der Waals surface area (Å²) < 4.78 is 10.0. The molecule has 3 aromatic carbocycles. The Hall–Kier alpha value is -6.44. The van der Waals surface area contributed by atoms with Gasteiger partial charge in [-0.3, -0.25) is 50.5 Å². The van der Waals surface area contributed by atoms with E-state index >= 15 is 0 Å². The number of aliphatic hydroxyl groups is 2. The van der Waals surface area contributed by atoms with Crippen molar-refractivity contribution in [2.45, 2.75) is 0 Å². The molecule has 0 radical (unpaired) electrons. The summed E-state index contributed by atoms with van der Waals surface area (Å²) in [6.45, 7) is 0. The Labute approximate surface area is 249 Å². The molecule has 0 aromatic heterocycles. The second-order valence-corrected chi connectivity index (χ2v) is 8.64. The molecule has 0 fully saturated rings. The lowest BCUT2D eigenvalue weighted by Crippen LogP contribution is -2.45. The van der Waals surface area contributed by atoms with Crippen LogP contribution < -0.4 is 31.2 Å². The molecule has 0 unspecified atom stereocenters. The minimum absolute atomic E-state index is 0.00993. The van der Waals surface area contributed by atoms with Gasteiger partial charge < -0.3 is 19.7 Å². The molecule has 0 saturated heterocycles. The van der Waals surface area contributed by atoms with E-state index in [0.717, 1.165) is 0 Å². The number of hydrazine groups is 2. The van der Waals surface area contributed by atoms with E-state index in [1.807, 2.05) is 21.7 Å². The average Bonchev–Trinajstić information content (AvgIpc) is 3.05. The van der Waals surface area contributed by atoms with E-state index in [2.05, 4.69) is 0 Å². The molecule has 0 bridgehead atoms. The lowest BCUT2D eigenvalue weighted by atomic mass is 10.1. The minimum atomic E-state index is -1.23. The third-order valence-electron chi connectivity index (χ3n) is 5.74. The molecule has 14 nitrogen and oxygen atoms in total. The Morgan fingerprint density at radius 1 is 0.500 bits per heavy atom. The first-order chi connectivity index (χ1) is 21.0. The minimum Gasteiger partial charge on any atom is -0.507 e. The van der Waals surface area contributed by atoms with Crippen molar-refractivity contribution in [1.29, 1.82) is 0 Å². The van der Waals surface area contributed by atoms with Crippen molar-refractivity contribution in [3.05, 3.63) is 107 Å². The Morgan fingerprint density at radius 2 is 0.795 bits per heavy atom. The fourth-order valence-corrected chi connectivity index (χ4v) is 3.34. The standard InChI is InChI=1S/C30H26N4O10/c1-43-21-11-7-17(8-12-21)23(35)15-25(37)29(41)33-31-27(39)19-3-5-20(6-4-19)28(40)32-34-30(42)26(38)16-24(36)18-9-13-22(44-2)14-10-18/h3-16,35-36H,1-2H3,(H,31,39)(H,32,40)(H,33,41)(H,34,42)/b23-15-,24-16-. The van der Waals surface area contributed by atoms with Gasteiger partial charge in [0.25, 0.3) is 11.8 Å². The average molecular weight is 603 g/mol. The van der Waals surface area contributed by atoms with Gasteiger partial charge in [0.05, 0.1) is 14.2 Å². The first-order valence-corrected chi connectivity index (χ1v) is 12.5. The summed E-state index contributed by atoms with van der Waals surface area (Å²) in [5.74, 6) is -6.30. The lowest BCUT2D eigenvalue weighted by molar-refractivity contribution is -0.135. The predicted octanol–water partition coefficient (Wildman–Crippen LogP) is 1.56. The molecule has 226 valence electrons. The normalized spacial score (nSPS) is 11.0. The van der Waals surface area contributed by atoms with Crippen LogP contribution in [0, 0.1) is 0 Å². The molecule has 0 atom stereocenters. The van der Waals surface area contributed by atoms with Crippen molar-refractivity contribution in [2.75, 3.05) is 14.2 Å². The molecule has 0 aliphatic heterocycles. The Kier molecular flexibility index (Phi) is 10.9. The zero-order chi connectivity index (χ0) is 32.2. The second-order valence-electron chi connectivity index (χ2n) is 8.64. The number of nitrogens with one attached hydrogen (secondary N) is 4. The van der Waals surface area contributed by atoms with Crippen molar-refractivity contribution >= 4 is 46.7 Å². The maximum atomic E-state index is 12.3. The zero-order valence-corrected chi connectivity index (χ0v) is 23.2. The van der Waals surface area contributed by atoms with Crippen LogP contribution in [-0.4, -0.2) is 59.6 Å². The van der Waals surface area contributed by atoms with Gasteiger partial charge in [-0.1, -0.05) is 0 Å². The summed E-state index contributed by atoms with van der Waals surface area (Å²) in [6.07, 6.45) is 1.37. The van der Waals surface area contributed by atoms with Gasteiger partial charge in [-0.15, -0.1) is 0 Å². The Morgan fingerprint density at radius 3 is 1.09 bits per heavy atom. The molecule has 6 N–H and O–H groups in total. The van der Waals surface area contributed by atoms with Crippen molar-refractivity contribution in [2.24, 2.45) is 0 Å². The maximum Gasteiger partial charge on any atom is 0.310 e. The molecule has 0 aliphatic carbocycles. The van der Waals surface area contributed by atoms with Crippen LogP contribution in [0.25, 0.3) is 11.5 Å². The van der Waals surface area contributed by atoms with Crippen molar-refractivity contribution in [3.63, 3.8) is 0 Å². The highest BCUT2D eigenvalue weighted by atomic mass is 16.5. The number of ketones is 2. The summed E-state index contributed by atoms with van der Waals surface area (Å²) in [7, 11) is 2.93.